The Morgan fingerprint density at radius 3 is 2.72 bits per heavy atom. The second kappa shape index (κ2) is 9.16. The van der Waals surface area contributed by atoms with E-state index < -0.39 is 6.04 Å². The molecular weight excluding hydrogens is 390 g/mol. The highest BCUT2D eigenvalue weighted by Gasteiger charge is 2.45. The van der Waals surface area contributed by atoms with Gasteiger partial charge in [-0.15, -0.1) is 0 Å². The van der Waals surface area contributed by atoms with Crippen LogP contribution >= 0.6 is 11.6 Å². The van der Waals surface area contributed by atoms with Crippen LogP contribution in [0.15, 0.2) is 18.2 Å². The minimum absolute atomic E-state index is 0.0122. The molecule has 1 aromatic carbocycles. The standard InChI is InChI=1S/C22H30ClN3O3/c1-13(2)10-21(28)26-18-7-5-4-6-16(18)25-22(29)19(26)12-20(27)24-17-11-15(23)9-8-14(17)3/h8-9,11,13,16,18-19H,4-7,10,12H2,1-3H3,(H,24,27)(H,25,29)/t16-,18-,19-/m1/s1. The van der Waals surface area contributed by atoms with E-state index in [0.717, 1.165) is 31.2 Å². The SMILES string of the molecule is Cc1ccc(Cl)cc1NC(=O)C[C@@H]1C(=O)N[C@@H]2CCCC[C@H]2N1C(=O)CC(C)C. The average molecular weight is 420 g/mol. The van der Waals surface area contributed by atoms with Gasteiger partial charge in [0, 0.05) is 23.2 Å². The molecule has 3 amide bonds. The summed E-state index contributed by atoms with van der Waals surface area (Å²) in [5.41, 5.74) is 1.50. The largest absolute Gasteiger partial charge is 0.349 e. The summed E-state index contributed by atoms with van der Waals surface area (Å²) in [6.07, 6.45) is 4.13. The van der Waals surface area contributed by atoms with Gasteiger partial charge in [-0.2, -0.15) is 0 Å². The molecule has 6 nitrogen and oxygen atoms in total. The third-order valence-corrected chi connectivity index (χ3v) is 6.01. The van der Waals surface area contributed by atoms with Gasteiger partial charge in [0.25, 0.3) is 0 Å². The van der Waals surface area contributed by atoms with Gasteiger partial charge in [-0.3, -0.25) is 14.4 Å². The number of aryl methyl sites for hydroxylation is 1. The first kappa shape index (κ1) is 21.6. The van der Waals surface area contributed by atoms with Crippen molar-refractivity contribution in [2.24, 2.45) is 5.92 Å². The molecule has 0 unspecified atom stereocenters. The molecule has 1 saturated heterocycles. The first-order chi connectivity index (χ1) is 13.8. The zero-order valence-electron chi connectivity index (χ0n) is 17.3. The Labute approximate surface area is 177 Å². The number of benzene rings is 1. The van der Waals surface area contributed by atoms with Crippen molar-refractivity contribution < 1.29 is 14.4 Å². The number of halogens is 1. The van der Waals surface area contributed by atoms with E-state index >= 15 is 0 Å². The molecule has 1 aliphatic carbocycles. The fraction of sp³-hybridized carbons (Fsp3) is 0.591. The van der Waals surface area contributed by atoms with Crippen LogP contribution in [-0.4, -0.2) is 40.7 Å². The van der Waals surface area contributed by atoms with Gasteiger partial charge in [-0.25, -0.2) is 0 Å². The Morgan fingerprint density at radius 1 is 1.28 bits per heavy atom. The second-order valence-corrected chi connectivity index (χ2v) is 9.03. The summed E-state index contributed by atoms with van der Waals surface area (Å²) in [7, 11) is 0. The number of carbonyl (C=O) groups excluding carboxylic acids is 3. The Kier molecular flexibility index (Phi) is 6.83. The molecule has 3 atom stereocenters. The van der Waals surface area contributed by atoms with Gasteiger partial charge < -0.3 is 15.5 Å². The lowest BCUT2D eigenvalue weighted by atomic mass is 9.84. The third-order valence-electron chi connectivity index (χ3n) is 5.78. The van der Waals surface area contributed by atoms with Crippen molar-refractivity contribution in [2.45, 2.75) is 77.4 Å². The first-order valence-corrected chi connectivity index (χ1v) is 10.8. The Hall–Kier alpha value is -2.08. The minimum atomic E-state index is -0.778. The molecule has 0 spiro atoms. The number of rotatable bonds is 5. The summed E-state index contributed by atoms with van der Waals surface area (Å²) in [4.78, 5) is 40.4. The van der Waals surface area contributed by atoms with E-state index in [4.69, 9.17) is 11.6 Å². The van der Waals surface area contributed by atoms with Gasteiger partial charge in [0.15, 0.2) is 0 Å². The van der Waals surface area contributed by atoms with E-state index in [1.807, 2.05) is 26.8 Å². The van der Waals surface area contributed by atoms with Crippen molar-refractivity contribution in [3.63, 3.8) is 0 Å². The van der Waals surface area contributed by atoms with E-state index in [0.29, 0.717) is 17.1 Å². The van der Waals surface area contributed by atoms with Gasteiger partial charge in [0.1, 0.15) is 6.04 Å². The normalized spacial score (nSPS) is 24.1. The second-order valence-electron chi connectivity index (χ2n) is 8.59. The van der Waals surface area contributed by atoms with Gasteiger partial charge in [-0.1, -0.05) is 44.4 Å². The number of amides is 3. The highest BCUT2D eigenvalue weighted by atomic mass is 35.5. The van der Waals surface area contributed by atoms with Crippen LogP contribution in [0, 0.1) is 12.8 Å². The summed E-state index contributed by atoms with van der Waals surface area (Å²) < 4.78 is 0. The predicted molar refractivity (Wildman–Crippen MR) is 114 cm³/mol. The van der Waals surface area contributed by atoms with Crippen LogP contribution in [0.4, 0.5) is 5.69 Å². The number of nitrogens with one attached hydrogen (secondary N) is 2. The van der Waals surface area contributed by atoms with Crippen molar-refractivity contribution in [2.75, 3.05) is 5.32 Å². The number of anilines is 1. The van der Waals surface area contributed by atoms with Crippen LogP contribution in [0.1, 0.15) is 57.9 Å². The van der Waals surface area contributed by atoms with Crippen molar-refractivity contribution in [1.29, 1.82) is 0 Å². The smallest absolute Gasteiger partial charge is 0.243 e. The first-order valence-electron chi connectivity index (χ1n) is 10.4. The quantitative estimate of drug-likeness (QED) is 0.764. The van der Waals surface area contributed by atoms with Gasteiger partial charge in [0.05, 0.1) is 12.5 Å². The molecule has 0 aromatic heterocycles. The Morgan fingerprint density at radius 2 is 2.00 bits per heavy atom. The number of carbonyl (C=O) groups is 3. The Bertz CT molecular complexity index is 796. The molecule has 2 fully saturated rings. The van der Waals surface area contributed by atoms with Gasteiger partial charge >= 0.3 is 0 Å². The summed E-state index contributed by atoms with van der Waals surface area (Å²) in [6.45, 7) is 5.86. The molecule has 7 heteroatoms. The van der Waals surface area contributed by atoms with E-state index in [1.54, 1.807) is 17.0 Å². The van der Waals surface area contributed by atoms with Crippen LogP contribution in [0.25, 0.3) is 0 Å². The highest BCUT2D eigenvalue weighted by Crippen LogP contribution is 2.31. The molecule has 1 heterocycles. The molecule has 2 N–H and O–H groups in total. The summed E-state index contributed by atoms with van der Waals surface area (Å²) in [5.74, 6) is -0.378. The number of piperazine rings is 1. The molecule has 0 bridgehead atoms. The lowest BCUT2D eigenvalue weighted by Crippen LogP contribution is -2.68. The van der Waals surface area contributed by atoms with Crippen LogP contribution < -0.4 is 10.6 Å². The molecule has 1 aliphatic heterocycles. The summed E-state index contributed by atoms with van der Waals surface area (Å²) in [6, 6.07) is 4.46. The maximum Gasteiger partial charge on any atom is 0.243 e. The van der Waals surface area contributed by atoms with Crippen molar-refractivity contribution >= 4 is 35.0 Å². The van der Waals surface area contributed by atoms with Crippen molar-refractivity contribution in [3.8, 4) is 0 Å². The molecule has 158 valence electrons. The molecular formula is C22H30ClN3O3. The molecule has 1 aromatic rings. The van der Waals surface area contributed by atoms with Crippen LogP contribution in [0.5, 0.6) is 0 Å². The molecule has 0 radical (unpaired) electrons. The van der Waals surface area contributed by atoms with E-state index in [9.17, 15) is 14.4 Å². The monoisotopic (exact) mass is 419 g/mol. The number of nitrogens with zero attached hydrogens (tertiary/aromatic N) is 1. The average Bonchev–Trinajstić information content (AvgIpc) is 2.64. The summed E-state index contributed by atoms with van der Waals surface area (Å²) >= 11 is 6.04. The van der Waals surface area contributed by atoms with E-state index in [1.165, 1.54) is 0 Å². The molecule has 2 aliphatic rings. The number of hydrogen-bond acceptors (Lipinski definition) is 3. The van der Waals surface area contributed by atoms with Crippen molar-refractivity contribution in [1.82, 2.24) is 10.2 Å². The molecule has 3 rings (SSSR count). The lowest BCUT2D eigenvalue weighted by molar-refractivity contribution is -0.152. The van der Waals surface area contributed by atoms with Crippen LogP contribution in [0.3, 0.4) is 0 Å². The zero-order chi connectivity index (χ0) is 21.1. The molecule has 29 heavy (non-hydrogen) atoms. The van der Waals surface area contributed by atoms with E-state index in [2.05, 4.69) is 10.6 Å². The maximum absolute atomic E-state index is 13.1. The van der Waals surface area contributed by atoms with Crippen LogP contribution in [-0.2, 0) is 14.4 Å². The highest BCUT2D eigenvalue weighted by molar-refractivity contribution is 6.31. The Balaban J connectivity index is 1.80. The topological polar surface area (TPSA) is 78.5 Å². The van der Waals surface area contributed by atoms with Gasteiger partial charge in [-0.05, 0) is 43.4 Å². The van der Waals surface area contributed by atoms with Gasteiger partial charge in [0.2, 0.25) is 17.7 Å². The van der Waals surface area contributed by atoms with Crippen LogP contribution in [0.2, 0.25) is 5.02 Å². The fourth-order valence-corrected chi connectivity index (χ4v) is 4.53. The predicted octanol–water partition coefficient (Wildman–Crippen LogP) is 3.66. The number of hydrogen-bond donors (Lipinski definition) is 2. The maximum atomic E-state index is 13.1. The minimum Gasteiger partial charge on any atom is -0.349 e. The third kappa shape index (κ3) is 5.10. The van der Waals surface area contributed by atoms with Crippen molar-refractivity contribution in [3.05, 3.63) is 28.8 Å². The van der Waals surface area contributed by atoms with E-state index in [-0.39, 0.29) is 42.1 Å². The zero-order valence-corrected chi connectivity index (χ0v) is 18.1. The summed E-state index contributed by atoms with van der Waals surface area (Å²) in [5, 5.41) is 6.44. The number of fused-ring (bicyclic) bond motifs is 1. The fourth-order valence-electron chi connectivity index (χ4n) is 4.36. The lowest BCUT2D eigenvalue weighted by Gasteiger charge is -2.48. The molecule has 1 saturated carbocycles.